The second kappa shape index (κ2) is 6.45. The summed E-state index contributed by atoms with van der Waals surface area (Å²) >= 11 is 6.11. The van der Waals surface area contributed by atoms with Crippen molar-refractivity contribution in [3.8, 4) is 0 Å². The van der Waals surface area contributed by atoms with Gasteiger partial charge in [-0.25, -0.2) is 0 Å². The van der Waals surface area contributed by atoms with E-state index in [0.717, 1.165) is 17.9 Å². The molecule has 0 amide bonds. The molecule has 70 valence electrons. The maximum atomic E-state index is 6.11. The molecule has 0 N–H and O–H groups in total. The Kier molecular flexibility index (Phi) is 5.92. The molecule has 2 nitrogen and oxygen atoms in total. The number of rotatable bonds is 2. The summed E-state index contributed by atoms with van der Waals surface area (Å²) in [6, 6.07) is 6.24. The van der Waals surface area contributed by atoms with Crippen LogP contribution in [0.5, 0.6) is 0 Å². The second-order valence-electron chi connectivity index (χ2n) is 2.60. The Labute approximate surface area is 84.0 Å². The van der Waals surface area contributed by atoms with Crippen molar-refractivity contribution in [3.05, 3.63) is 34.3 Å². The van der Waals surface area contributed by atoms with E-state index >= 15 is 0 Å². The second-order valence-corrected chi connectivity index (χ2v) is 2.98. The van der Waals surface area contributed by atoms with Crippen LogP contribution < -0.4 is 0 Å². The van der Waals surface area contributed by atoms with Gasteiger partial charge in [-0.2, -0.15) is 0 Å². The number of aryl methyl sites for hydroxylation is 2. The normalized spacial score (nSPS) is 8.69. The minimum absolute atomic E-state index is 0.956. The summed E-state index contributed by atoms with van der Waals surface area (Å²) in [5.74, 6) is 0. The van der Waals surface area contributed by atoms with E-state index in [4.69, 9.17) is 22.4 Å². The van der Waals surface area contributed by atoms with Crippen molar-refractivity contribution in [1.29, 1.82) is 10.8 Å². The molecule has 3 heteroatoms. The van der Waals surface area contributed by atoms with Crippen molar-refractivity contribution in [3.63, 3.8) is 0 Å². The monoisotopic (exact) mass is 196 g/mol. The topological polar surface area (TPSA) is 47.6 Å². The molecule has 0 aliphatic rings. The van der Waals surface area contributed by atoms with Crippen LogP contribution in [0.25, 0.3) is 0 Å². The van der Waals surface area contributed by atoms with Crippen LogP contribution in [0.1, 0.15) is 25.0 Å². The van der Waals surface area contributed by atoms with Crippen LogP contribution in [0.4, 0.5) is 0 Å². The molecule has 13 heavy (non-hydrogen) atoms. The molecule has 0 unspecified atom stereocenters. The Bertz CT molecular complexity index is 259. The van der Waals surface area contributed by atoms with Gasteiger partial charge >= 0.3 is 0 Å². The zero-order valence-corrected chi connectivity index (χ0v) is 8.67. The highest BCUT2D eigenvalue weighted by Crippen LogP contribution is 2.21. The first-order valence-electron chi connectivity index (χ1n) is 4.25. The lowest BCUT2D eigenvalue weighted by molar-refractivity contribution is 1.09. The molecular weight excluding hydrogens is 184 g/mol. The lowest BCUT2D eigenvalue weighted by Crippen LogP contribution is -1.87. The fourth-order valence-corrected chi connectivity index (χ4v) is 1.57. The number of hydrogen-bond acceptors (Lipinski definition) is 2. The van der Waals surface area contributed by atoms with E-state index in [9.17, 15) is 0 Å². The van der Waals surface area contributed by atoms with Gasteiger partial charge in [0.15, 0.2) is 0 Å². The Morgan fingerprint density at radius 1 is 1.08 bits per heavy atom. The van der Waals surface area contributed by atoms with Crippen LogP contribution in [-0.4, -0.2) is 0 Å². The molecule has 0 radical (unpaired) electrons. The highest BCUT2D eigenvalue weighted by Gasteiger charge is 2.00. The summed E-state index contributed by atoms with van der Waals surface area (Å²) in [4.78, 5) is 0. The van der Waals surface area contributed by atoms with Gasteiger partial charge in [-0.3, -0.25) is 0 Å². The van der Waals surface area contributed by atoms with Gasteiger partial charge < -0.3 is 0 Å². The van der Waals surface area contributed by atoms with Crippen molar-refractivity contribution in [2.75, 3.05) is 0 Å². The molecule has 0 aromatic heterocycles. The third-order valence-corrected chi connectivity index (χ3v) is 2.41. The third-order valence-electron chi connectivity index (χ3n) is 1.92. The molecule has 1 rings (SSSR count). The van der Waals surface area contributed by atoms with E-state index < -0.39 is 0 Å². The third kappa shape index (κ3) is 3.04. The molecule has 0 spiro atoms. The highest BCUT2D eigenvalue weighted by atomic mass is 35.5. The predicted octanol–water partition coefficient (Wildman–Crippen LogP) is 3.49. The number of halogens is 1. The Morgan fingerprint density at radius 3 is 1.77 bits per heavy atom. The summed E-state index contributed by atoms with van der Waals surface area (Å²) in [5, 5.41) is 13.0. The zero-order chi connectivity index (χ0) is 10.3. The van der Waals surface area contributed by atoms with Gasteiger partial charge in [0.25, 0.3) is 0 Å². The predicted molar refractivity (Wildman–Crippen MR) is 53.7 cm³/mol. The molecule has 0 fully saturated rings. The van der Waals surface area contributed by atoms with E-state index in [2.05, 4.69) is 32.0 Å². The molecule has 1 aromatic rings. The molecular formula is C10H13ClN2. The van der Waals surface area contributed by atoms with Gasteiger partial charge in [-0.1, -0.05) is 43.6 Å². The summed E-state index contributed by atoms with van der Waals surface area (Å²) in [7, 11) is 0. The van der Waals surface area contributed by atoms with Gasteiger partial charge in [0, 0.05) is 15.8 Å². The van der Waals surface area contributed by atoms with E-state index in [1.165, 1.54) is 11.1 Å². The zero-order valence-electron chi connectivity index (χ0n) is 7.92. The smallest absolute Gasteiger partial charge is 0.0469 e. The van der Waals surface area contributed by atoms with E-state index in [0.29, 0.717) is 0 Å². The Balaban J connectivity index is 0.000000671. The van der Waals surface area contributed by atoms with Gasteiger partial charge in [0.2, 0.25) is 0 Å². The lowest BCUT2D eigenvalue weighted by atomic mass is 10.1. The van der Waals surface area contributed by atoms with Crippen molar-refractivity contribution in [2.24, 2.45) is 0 Å². The largest absolute Gasteiger partial charge is 0.0837 e. The number of hydrogen-bond donors (Lipinski definition) is 0. The first kappa shape index (κ1) is 11.9. The molecule has 0 saturated carbocycles. The van der Waals surface area contributed by atoms with Crippen molar-refractivity contribution in [1.82, 2.24) is 0 Å². The molecule has 0 heterocycles. The lowest BCUT2D eigenvalue weighted by Gasteiger charge is -2.04. The minimum Gasteiger partial charge on any atom is -0.0837 e. The Morgan fingerprint density at radius 2 is 1.46 bits per heavy atom. The summed E-state index contributed by atoms with van der Waals surface area (Å²) in [5.41, 5.74) is 2.51. The van der Waals surface area contributed by atoms with Crippen LogP contribution in [0.2, 0.25) is 5.02 Å². The van der Waals surface area contributed by atoms with Gasteiger partial charge in [0.1, 0.15) is 0 Å². The molecule has 0 aliphatic heterocycles. The highest BCUT2D eigenvalue weighted by molar-refractivity contribution is 6.32. The summed E-state index contributed by atoms with van der Waals surface area (Å²) in [6.07, 6.45) is 2.04. The minimum atomic E-state index is 0.956. The van der Waals surface area contributed by atoms with Crippen LogP contribution in [0, 0.1) is 10.8 Å². The van der Waals surface area contributed by atoms with Crippen molar-refractivity contribution < 1.29 is 0 Å². The Hall–Kier alpha value is -1.07. The molecule has 0 atom stereocenters. The van der Waals surface area contributed by atoms with Crippen molar-refractivity contribution >= 4 is 11.6 Å². The quantitative estimate of drug-likeness (QED) is 0.680. The summed E-state index contributed by atoms with van der Waals surface area (Å²) < 4.78 is 0. The summed E-state index contributed by atoms with van der Waals surface area (Å²) in [6.45, 7) is 4.25. The van der Waals surface area contributed by atoms with Crippen LogP contribution >= 0.6 is 11.6 Å². The van der Waals surface area contributed by atoms with Crippen LogP contribution in [0.3, 0.4) is 0 Å². The van der Waals surface area contributed by atoms with Gasteiger partial charge in [0.05, 0.1) is 0 Å². The average molecular weight is 197 g/mol. The first-order chi connectivity index (χ1) is 6.29. The van der Waals surface area contributed by atoms with E-state index in [1.807, 2.05) is 0 Å². The number of benzene rings is 1. The molecule has 0 bridgehead atoms. The fraction of sp³-hybridized carbons (Fsp3) is 0.400. The molecule has 0 aliphatic carbocycles. The van der Waals surface area contributed by atoms with Crippen LogP contribution in [-0.2, 0) is 12.8 Å². The molecule has 1 aromatic carbocycles. The molecule has 0 saturated heterocycles. The maximum absolute atomic E-state index is 6.11. The van der Waals surface area contributed by atoms with Crippen LogP contribution in [0.15, 0.2) is 18.2 Å². The maximum Gasteiger partial charge on any atom is 0.0469 e. The van der Waals surface area contributed by atoms with E-state index in [-0.39, 0.29) is 0 Å². The van der Waals surface area contributed by atoms with E-state index in [1.54, 1.807) is 0 Å². The fourth-order valence-electron chi connectivity index (χ4n) is 1.18. The van der Waals surface area contributed by atoms with Gasteiger partial charge in [-0.05, 0) is 24.0 Å². The first-order valence-corrected chi connectivity index (χ1v) is 4.63. The average Bonchev–Trinajstić information content (AvgIpc) is 2.21. The standard InChI is InChI=1S/C10H13Cl.N2/c1-3-8-6-5-7-9(4-2)10(8)11;1-2/h5-7H,3-4H2,1-2H3;. The SMILES string of the molecule is CCc1cccc(CC)c1Cl.N#N. The van der Waals surface area contributed by atoms with Gasteiger partial charge in [-0.15, -0.1) is 0 Å². The number of nitrogens with zero attached hydrogens (tertiary/aromatic N) is 2. The van der Waals surface area contributed by atoms with Crippen molar-refractivity contribution in [2.45, 2.75) is 26.7 Å².